The van der Waals surface area contributed by atoms with Gasteiger partial charge < -0.3 is 0 Å². The van der Waals surface area contributed by atoms with Crippen LogP contribution in [0.15, 0.2) is 42.7 Å². The Labute approximate surface area is 86.2 Å². The molecule has 1 aromatic carbocycles. The molecule has 76 valence electrons. The third-order valence-corrected chi connectivity index (χ3v) is 2.03. The second-order valence-corrected chi connectivity index (χ2v) is 3.13. The van der Waals surface area contributed by atoms with Gasteiger partial charge in [-0.05, 0) is 30.3 Å². The van der Waals surface area contributed by atoms with E-state index in [1.807, 2.05) is 0 Å². The first kappa shape index (κ1) is 9.58. The minimum absolute atomic E-state index is 0.0845. The van der Waals surface area contributed by atoms with Gasteiger partial charge in [-0.3, -0.25) is 9.48 Å². The third kappa shape index (κ3) is 2.28. The molecule has 0 saturated carbocycles. The molecule has 0 unspecified atom stereocenters. The maximum Gasteiger partial charge on any atom is 0.184 e. The Kier molecular flexibility index (Phi) is 2.58. The highest BCUT2D eigenvalue weighted by molar-refractivity contribution is 5.95. The van der Waals surface area contributed by atoms with Crippen molar-refractivity contribution in [2.45, 2.75) is 6.54 Å². The van der Waals surface area contributed by atoms with Crippen LogP contribution in [0.4, 0.5) is 4.39 Å². The van der Waals surface area contributed by atoms with Crippen molar-refractivity contribution >= 4 is 5.78 Å². The average Bonchev–Trinajstić information content (AvgIpc) is 2.71. The normalized spacial score (nSPS) is 10.2. The molecule has 0 spiro atoms. The van der Waals surface area contributed by atoms with E-state index in [-0.39, 0.29) is 18.1 Å². The van der Waals surface area contributed by atoms with Crippen LogP contribution in [0.1, 0.15) is 10.4 Å². The number of halogens is 1. The van der Waals surface area contributed by atoms with Gasteiger partial charge in [-0.1, -0.05) is 0 Å². The van der Waals surface area contributed by atoms with Crippen LogP contribution in [0.5, 0.6) is 0 Å². The Morgan fingerprint density at radius 3 is 2.67 bits per heavy atom. The van der Waals surface area contributed by atoms with Crippen LogP contribution in [0.2, 0.25) is 0 Å². The molecule has 0 aliphatic heterocycles. The molecule has 0 amide bonds. The number of ketones is 1. The molecular weight excluding hydrogens is 195 g/mol. The van der Waals surface area contributed by atoms with Gasteiger partial charge in [0.1, 0.15) is 12.4 Å². The summed E-state index contributed by atoms with van der Waals surface area (Å²) in [6.45, 7) is 0.179. The topological polar surface area (TPSA) is 34.9 Å². The number of hydrogen-bond acceptors (Lipinski definition) is 2. The number of hydrogen-bond donors (Lipinski definition) is 0. The van der Waals surface area contributed by atoms with Crippen LogP contribution >= 0.6 is 0 Å². The van der Waals surface area contributed by atoms with E-state index < -0.39 is 0 Å². The molecule has 0 N–H and O–H groups in total. The Bertz CT molecular complexity index is 448. The van der Waals surface area contributed by atoms with Gasteiger partial charge in [-0.2, -0.15) is 5.10 Å². The lowest BCUT2D eigenvalue weighted by molar-refractivity contribution is 0.0967. The van der Waals surface area contributed by atoms with Gasteiger partial charge in [-0.25, -0.2) is 4.39 Å². The van der Waals surface area contributed by atoms with Crippen LogP contribution in [-0.2, 0) is 6.54 Å². The smallest absolute Gasteiger partial charge is 0.184 e. The Morgan fingerprint density at radius 1 is 1.33 bits per heavy atom. The van der Waals surface area contributed by atoms with Crippen molar-refractivity contribution in [3.8, 4) is 0 Å². The molecule has 1 heterocycles. The van der Waals surface area contributed by atoms with E-state index in [4.69, 9.17) is 0 Å². The van der Waals surface area contributed by atoms with Gasteiger partial charge in [-0.15, -0.1) is 0 Å². The van der Waals surface area contributed by atoms with Gasteiger partial charge >= 0.3 is 0 Å². The molecule has 0 atom stereocenters. The van der Waals surface area contributed by atoms with E-state index in [9.17, 15) is 9.18 Å². The molecule has 0 aliphatic carbocycles. The first-order chi connectivity index (χ1) is 7.25. The number of Topliss-reactive ketones (excluding diaryl/α,β-unsaturated/α-hetero) is 1. The van der Waals surface area contributed by atoms with E-state index in [0.29, 0.717) is 5.56 Å². The predicted octanol–water partition coefficient (Wildman–Crippen LogP) is 1.91. The molecule has 4 heteroatoms. The van der Waals surface area contributed by atoms with E-state index in [1.54, 1.807) is 18.5 Å². The molecule has 15 heavy (non-hydrogen) atoms. The van der Waals surface area contributed by atoms with Crippen molar-refractivity contribution in [2.24, 2.45) is 0 Å². The van der Waals surface area contributed by atoms with Gasteiger partial charge in [0.15, 0.2) is 5.78 Å². The molecule has 0 aliphatic rings. The minimum Gasteiger partial charge on any atom is -0.292 e. The van der Waals surface area contributed by atoms with Crippen LogP contribution < -0.4 is 0 Å². The van der Waals surface area contributed by atoms with Gasteiger partial charge in [0.05, 0.1) is 0 Å². The van der Waals surface area contributed by atoms with E-state index in [0.717, 1.165) is 0 Å². The second kappa shape index (κ2) is 4.04. The van der Waals surface area contributed by atoms with Gasteiger partial charge in [0, 0.05) is 18.0 Å². The summed E-state index contributed by atoms with van der Waals surface area (Å²) in [6.07, 6.45) is 3.32. The highest BCUT2D eigenvalue weighted by Gasteiger charge is 2.06. The number of carbonyl (C=O) groups is 1. The van der Waals surface area contributed by atoms with Crippen molar-refractivity contribution in [1.82, 2.24) is 9.78 Å². The molecule has 2 rings (SSSR count). The highest BCUT2D eigenvalue weighted by Crippen LogP contribution is 2.04. The summed E-state index contributed by atoms with van der Waals surface area (Å²) in [6, 6.07) is 7.24. The van der Waals surface area contributed by atoms with Crippen molar-refractivity contribution in [3.05, 3.63) is 54.1 Å². The van der Waals surface area contributed by atoms with Gasteiger partial charge in [0.25, 0.3) is 0 Å². The fraction of sp³-hybridized carbons (Fsp3) is 0.0909. The van der Waals surface area contributed by atoms with Crippen molar-refractivity contribution in [1.29, 1.82) is 0 Å². The fourth-order valence-electron chi connectivity index (χ4n) is 1.27. The summed E-state index contributed by atoms with van der Waals surface area (Å²) in [5.41, 5.74) is 0.493. The molecule has 2 aromatic rings. The quantitative estimate of drug-likeness (QED) is 0.716. The number of rotatable bonds is 3. The van der Waals surface area contributed by atoms with Crippen LogP contribution in [0, 0.1) is 5.82 Å². The predicted molar refractivity (Wildman–Crippen MR) is 53.0 cm³/mol. The van der Waals surface area contributed by atoms with E-state index in [1.165, 1.54) is 28.9 Å². The van der Waals surface area contributed by atoms with Crippen molar-refractivity contribution in [2.75, 3.05) is 0 Å². The third-order valence-electron chi connectivity index (χ3n) is 2.03. The van der Waals surface area contributed by atoms with Crippen molar-refractivity contribution < 1.29 is 9.18 Å². The summed E-state index contributed by atoms with van der Waals surface area (Å²) in [5, 5.41) is 3.92. The Morgan fingerprint density at radius 2 is 2.07 bits per heavy atom. The lowest BCUT2D eigenvalue weighted by Crippen LogP contribution is -2.10. The summed E-state index contributed by atoms with van der Waals surface area (Å²) in [7, 11) is 0. The highest BCUT2D eigenvalue weighted by atomic mass is 19.1. The zero-order chi connectivity index (χ0) is 10.7. The van der Waals surface area contributed by atoms with Gasteiger partial charge in [0.2, 0.25) is 0 Å². The van der Waals surface area contributed by atoms with Crippen molar-refractivity contribution in [3.63, 3.8) is 0 Å². The van der Waals surface area contributed by atoms with Crippen LogP contribution in [-0.4, -0.2) is 15.6 Å². The molecule has 0 saturated heterocycles. The van der Waals surface area contributed by atoms with E-state index in [2.05, 4.69) is 5.10 Å². The first-order valence-electron chi connectivity index (χ1n) is 4.52. The number of nitrogens with zero attached hydrogens (tertiary/aromatic N) is 2. The summed E-state index contributed by atoms with van der Waals surface area (Å²) >= 11 is 0. The molecule has 0 bridgehead atoms. The monoisotopic (exact) mass is 204 g/mol. The second-order valence-electron chi connectivity index (χ2n) is 3.13. The summed E-state index contributed by atoms with van der Waals surface area (Å²) in [4.78, 5) is 11.6. The maximum absolute atomic E-state index is 12.6. The molecule has 1 aromatic heterocycles. The molecule has 3 nitrogen and oxygen atoms in total. The Balaban J connectivity index is 2.11. The Hall–Kier alpha value is -1.97. The van der Waals surface area contributed by atoms with E-state index >= 15 is 0 Å². The average molecular weight is 204 g/mol. The fourth-order valence-corrected chi connectivity index (χ4v) is 1.27. The lowest BCUT2D eigenvalue weighted by atomic mass is 10.1. The SMILES string of the molecule is O=C(Cn1cccn1)c1ccc(F)cc1. The zero-order valence-corrected chi connectivity index (χ0v) is 7.93. The largest absolute Gasteiger partial charge is 0.292 e. The number of aromatic nitrogens is 2. The standard InChI is InChI=1S/C11H9FN2O/c12-10-4-2-9(3-5-10)11(15)8-14-7-1-6-13-14/h1-7H,8H2. The molecule has 0 fully saturated rings. The van der Waals surface area contributed by atoms with Crippen LogP contribution in [0.3, 0.4) is 0 Å². The zero-order valence-electron chi connectivity index (χ0n) is 7.93. The summed E-state index contributed by atoms with van der Waals surface area (Å²) < 4.78 is 14.1. The number of benzene rings is 1. The first-order valence-corrected chi connectivity index (χ1v) is 4.52. The molecular formula is C11H9FN2O. The number of carbonyl (C=O) groups excluding carboxylic acids is 1. The minimum atomic E-state index is -0.342. The lowest BCUT2D eigenvalue weighted by Gasteiger charge is -2.00. The van der Waals surface area contributed by atoms with Crippen LogP contribution in [0.25, 0.3) is 0 Å². The summed E-state index contributed by atoms with van der Waals surface area (Å²) in [5.74, 6) is -0.427. The maximum atomic E-state index is 12.6. The molecule has 0 radical (unpaired) electrons.